The third-order valence-corrected chi connectivity index (χ3v) is 0. The second-order valence-electron chi connectivity index (χ2n) is 0.408. The van der Waals surface area contributed by atoms with Crippen molar-refractivity contribution in [2.45, 2.75) is 0 Å². The molecule has 0 unspecified atom stereocenters. The first-order valence-electron chi connectivity index (χ1n) is 0.667. The van der Waals surface area contributed by atoms with Crippen molar-refractivity contribution in [3.05, 3.63) is 0 Å². The van der Waals surface area contributed by atoms with Crippen LogP contribution in [0.25, 0.3) is 0 Å². The molecule has 0 aromatic carbocycles. The molecule has 0 saturated carbocycles. The van der Waals surface area contributed by atoms with Crippen LogP contribution in [0.15, 0.2) is 0 Å². The van der Waals surface area contributed by atoms with Crippen molar-refractivity contribution < 1.29 is 46.6 Å². The first kappa shape index (κ1) is 22.5. The molecule has 0 aliphatic rings. The van der Waals surface area contributed by atoms with E-state index in [-0.39, 0.29) is 72.1 Å². The standard InChI is InChI=1S/Ba.Cr.Cu.H3N.4O/h;;;1H3;;;;/q+2;;+2;;;;2*-1. The van der Waals surface area contributed by atoms with Gasteiger partial charge < -0.3 is 6.15 Å². The van der Waals surface area contributed by atoms with E-state index < -0.39 is 13.6 Å². The Morgan fingerprint density at radius 3 is 1.12 bits per heavy atom. The Kier molecular flexibility index (Phi) is 25.6. The zero-order chi connectivity index (χ0) is 4.50. The predicted octanol–water partition coefficient (Wildman–Crippen LogP) is -2.84. The van der Waals surface area contributed by atoms with E-state index in [2.05, 4.69) is 0 Å². The van der Waals surface area contributed by atoms with Crippen molar-refractivity contribution in [1.82, 2.24) is 6.15 Å². The molecule has 0 aliphatic heterocycles. The fourth-order valence-electron chi connectivity index (χ4n) is 0. The quantitative estimate of drug-likeness (QED) is 0.479. The summed E-state index contributed by atoms with van der Waals surface area (Å²) in [5.74, 6) is 0. The monoisotopic (exact) mass is 334 g/mol. The van der Waals surface area contributed by atoms with Gasteiger partial charge in [0.1, 0.15) is 0 Å². The third kappa shape index (κ3) is 92.4. The zero-order valence-electron chi connectivity index (χ0n) is 3.76. The van der Waals surface area contributed by atoms with Crippen LogP contribution in [0.3, 0.4) is 0 Å². The molecule has 0 rings (SSSR count). The third-order valence-electron chi connectivity index (χ3n) is 0. The summed E-state index contributed by atoms with van der Waals surface area (Å²) in [6, 6.07) is 0. The van der Waals surface area contributed by atoms with Crippen LogP contribution in [0.1, 0.15) is 0 Å². The summed E-state index contributed by atoms with van der Waals surface area (Å²) in [7, 11) is 0. The van der Waals surface area contributed by atoms with E-state index in [1.807, 2.05) is 0 Å². The minimum atomic E-state index is -5.75. The van der Waals surface area contributed by atoms with Crippen LogP contribution in [0, 0.1) is 0 Å². The summed E-state index contributed by atoms with van der Waals surface area (Å²) < 4.78 is 34.4. The maximum atomic E-state index is 8.59. The summed E-state index contributed by atoms with van der Waals surface area (Å²) in [6.45, 7) is 0. The van der Waals surface area contributed by atoms with Crippen molar-refractivity contribution in [3.63, 3.8) is 0 Å². The molecular formula is H3BaCrCuNO4+2. The molecule has 0 heterocycles. The molecule has 0 atom stereocenters. The van der Waals surface area contributed by atoms with Gasteiger partial charge in [-0.3, -0.25) is 0 Å². The SMILES string of the molecule is N.[Ba+2].[Cu+2].[O]=[Cr](=[O])([O-])[O-]. The van der Waals surface area contributed by atoms with Gasteiger partial charge in [-0.1, -0.05) is 0 Å². The van der Waals surface area contributed by atoms with Crippen molar-refractivity contribution in [2.24, 2.45) is 0 Å². The Hall–Kier alpha value is 2.10. The number of hydrogen-bond acceptors (Lipinski definition) is 5. The van der Waals surface area contributed by atoms with Gasteiger partial charge in [-0.15, -0.1) is 0 Å². The van der Waals surface area contributed by atoms with E-state index in [1.165, 1.54) is 0 Å². The Bertz CT molecular complexity index is 99.2. The van der Waals surface area contributed by atoms with Crippen LogP contribution in [0.4, 0.5) is 0 Å². The molecule has 0 bridgehead atoms. The summed E-state index contributed by atoms with van der Waals surface area (Å²) in [4.78, 5) is 0. The van der Waals surface area contributed by atoms with Gasteiger partial charge >= 0.3 is 95.5 Å². The molecule has 0 fully saturated rings. The van der Waals surface area contributed by atoms with Crippen LogP contribution in [-0.4, -0.2) is 48.9 Å². The molecule has 0 saturated heterocycles. The van der Waals surface area contributed by atoms with Crippen LogP contribution in [0.2, 0.25) is 0 Å². The zero-order valence-corrected chi connectivity index (χ0v) is 10.4. The van der Waals surface area contributed by atoms with E-state index in [0.29, 0.717) is 0 Å². The second kappa shape index (κ2) is 9.10. The van der Waals surface area contributed by atoms with E-state index in [0.717, 1.165) is 0 Å². The molecule has 0 spiro atoms. The summed E-state index contributed by atoms with van der Waals surface area (Å²) in [5, 5.41) is 0. The molecule has 49 valence electrons. The van der Waals surface area contributed by atoms with Crippen molar-refractivity contribution in [3.8, 4) is 0 Å². The molecule has 8 heteroatoms. The molecule has 5 nitrogen and oxygen atoms in total. The minimum absolute atomic E-state index is 0. The van der Waals surface area contributed by atoms with Crippen LogP contribution in [-0.2, 0) is 38.3 Å². The average molecular weight is 334 g/mol. The fraction of sp³-hybridized carbons (Fsp3) is 0. The fourth-order valence-corrected chi connectivity index (χ4v) is 0. The van der Waals surface area contributed by atoms with Gasteiger partial charge in [-0.25, -0.2) is 0 Å². The summed E-state index contributed by atoms with van der Waals surface area (Å²) in [5.41, 5.74) is 0. The van der Waals surface area contributed by atoms with Gasteiger partial charge in [0, 0.05) is 0 Å². The van der Waals surface area contributed by atoms with Gasteiger partial charge in [0.15, 0.2) is 0 Å². The van der Waals surface area contributed by atoms with Crippen molar-refractivity contribution in [1.29, 1.82) is 0 Å². The van der Waals surface area contributed by atoms with Crippen LogP contribution in [0.5, 0.6) is 0 Å². The molecule has 0 aromatic heterocycles. The van der Waals surface area contributed by atoms with Crippen molar-refractivity contribution in [2.75, 3.05) is 0 Å². The van der Waals surface area contributed by atoms with Gasteiger partial charge in [0.05, 0.1) is 0 Å². The molecule has 1 radical (unpaired) electrons. The van der Waals surface area contributed by atoms with Gasteiger partial charge in [0.25, 0.3) is 0 Å². The Morgan fingerprint density at radius 2 is 1.12 bits per heavy atom. The second-order valence-corrected chi connectivity index (χ2v) is 1.68. The molecule has 0 aromatic rings. The van der Waals surface area contributed by atoms with Gasteiger partial charge in [0.2, 0.25) is 0 Å². The Balaban J connectivity index is -0.0000000267. The number of hydrogen-bond donors (Lipinski definition) is 1. The Labute approximate surface area is 99.7 Å². The average Bonchev–Trinajstić information content (AvgIpc) is 0.722. The summed E-state index contributed by atoms with van der Waals surface area (Å²) >= 11 is -5.75. The summed E-state index contributed by atoms with van der Waals surface area (Å²) in [6.07, 6.45) is 0. The molecule has 3 N–H and O–H groups in total. The molecule has 8 heavy (non-hydrogen) atoms. The maximum absolute atomic E-state index is 8.59. The van der Waals surface area contributed by atoms with E-state index in [4.69, 9.17) is 15.9 Å². The normalized spacial score (nSPS) is 7.25. The molecular weight excluding hydrogens is 331 g/mol. The van der Waals surface area contributed by atoms with Crippen LogP contribution < -0.4 is 14.5 Å². The van der Waals surface area contributed by atoms with E-state index >= 15 is 0 Å². The molecule has 0 aliphatic carbocycles. The van der Waals surface area contributed by atoms with E-state index in [1.54, 1.807) is 0 Å². The van der Waals surface area contributed by atoms with Gasteiger partial charge in [-0.2, -0.15) is 0 Å². The van der Waals surface area contributed by atoms with Crippen molar-refractivity contribution >= 4 is 48.9 Å². The topological polar surface area (TPSA) is 115 Å². The Morgan fingerprint density at radius 1 is 1.12 bits per heavy atom. The van der Waals surface area contributed by atoms with Gasteiger partial charge in [-0.05, 0) is 0 Å². The van der Waals surface area contributed by atoms with Crippen LogP contribution >= 0.6 is 0 Å². The number of rotatable bonds is 0. The molecule has 0 amide bonds. The van der Waals surface area contributed by atoms with E-state index in [9.17, 15) is 0 Å². The predicted molar refractivity (Wildman–Crippen MR) is 12.1 cm³/mol. The first-order valence-corrected chi connectivity index (χ1v) is 2.75. The first-order chi connectivity index (χ1) is 2.00.